The molecule has 3 N–H and O–H groups in total. The van der Waals surface area contributed by atoms with Crippen molar-refractivity contribution >= 4 is 29.0 Å². The lowest BCUT2D eigenvalue weighted by Crippen LogP contribution is -2.17. The molecule has 3 rings (SSSR count). The van der Waals surface area contributed by atoms with Crippen molar-refractivity contribution in [3.63, 3.8) is 0 Å². The number of carbonyl (C=O) groups is 1. The van der Waals surface area contributed by atoms with E-state index in [9.17, 15) is 4.79 Å². The number of furan rings is 1. The van der Waals surface area contributed by atoms with E-state index in [0.29, 0.717) is 18.1 Å². The van der Waals surface area contributed by atoms with Crippen LogP contribution in [0.25, 0.3) is 0 Å². The zero-order valence-electron chi connectivity index (χ0n) is 15.2. The molecule has 0 fully saturated rings. The molecule has 1 aliphatic heterocycles. The second kappa shape index (κ2) is 11.3. The molecule has 1 aliphatic rings. The number of thioether (sulfide) groups is 1. The number of nitrogens with two attached hydrogens (primary N) is 1. The zero-order valence-corrected chi connectivity index (χ0v) is 16.0. The third kappa shape index (κ3) is 8.95. The summed E-state index contributed by atoms with van der Waals surface area (Å²) in [7, 11) is 0. The molecule has 136 valence electrons. The molecule has 1 amide bonds. The topological polar surface area (TPSA) is 93.5 Å². The van der Waals surface area contributed by atoms with Crippen molar-refractivity contribution in [1.82, 2.24) is 4.98 Å². The lowest BCUT2D eigenvalue weighted by atomic mass is 10.3. The lowest BCUT2D eigenvalue weighted by molar-refractivity contribution is -0.105. The van der Waals surface area contributed by atoms with Gasteiger partial charge in [-0.25, -0.2) is 0 Å². The van der Waals surface area contributed by atoms with Crippen LogP contribution in [0.15, 0.2) is 40.0 Å². The average molecular weight is 362 g/mol. The van der Waals surface area contributed by atoms with E-state index < -0.39 is 0 Å². The number of hydrogen-bond acceptors (Lipinski definition) is 6. The molecule has 0 aliphatic carbocycles. The third-order valence-corrected chi connectivity index (χ3v) is 4.15. The van der Waals surface area contributed by atoms with E-state index in [2.05, 4.69) is 22.2 Å². The van der Waals surface area contributed by atoms with Crippen molar-refractivity contribution in [2.45, 2.75) is 40.2 Å². The second-order valence-corrected chi connectivity index (χ2v) is 6.67. The summed E-state index contributed by atoms with van der Waals surface area (Å²) in [5.74, 6) is 3.17. The van der Waals surface area contributed by atoms with Crippen LogP contribution in [0.4, 0.5) is 5.69 Å². The van der Waals surface area contributed by atoms with Gasteiger partial charge in [0.2, 0.25) is 6.41 Å². The number of amidine groups is 1. The van der Waals surface area contributed by atoms with E-state index in [1.807, 2.05) is 26.8 Å². The largest absolute Gasteiger partial charge is 0.466 e. The van der Waals surface area contributed by atoms with Crippen LogP contribution < -0.4 is 11.1 Å². The summed E-state index contributed by atoms with van der Waals surface area (Å²) >= 11 is 1.65. The van der Waals surface area contributed by atoms with E-state index in [1.165, 1.54) is 12.0 Å². The highest BCUT2D eigenvalue weighted by Crippen LogP contribution is 2.13. The minimum Gasteiger partial charge on any atom is -0.466 e. The van der Waals surface area contributed by atoms with Gasteiger partial charge in [0, 0.05) is 11.9 Å². The third-order valence-electron chi connectivity index (χ3n) is 3.31. The number of amides is 1. The van der Waals surface area contributed by atoms with E-state index in [-0.39, 0.29) is 0 Å². The minimum atomic E-state index is 0.455. The Kier molecular flexibility index (Phi) is 9.39. The van der Waals surface area contributed by atoms with Crippen LogP contribution in [0.5, 0.6) is 0 Å². The number of anilines is 1. The Morgan fingerprint density at radius 2 is 2.16 bits per heavy atom. The molecule has 2 aromatic heterocycles. The van der Waals surface area contributed by atoms with Gasteiger partial charge in [-0.3, -0.25) is 14.8 Å². The predicted octanol–water partition coefficient (Wildman–Crippen LogP) is 3.68. The van der Waals surface area contributed by atoms with Gasteiger partial charge < -0.3 is 15.5 Å². The normalized spacial score (nSPS) is 15.7. The molecule has 1 unspecified atom stereocenters. The van der Waals surface area contributed by atoms with Crippen LogP contribution >= 0.6 is 11.8 Å². The Morgan fingerprint density at radius 1 is 1.40 bits per heavy atom. The molecule has 25 heavy (non-hydrogen) atoms. The van der Waals surface area contributed by atoms with Crippen LogP contribution in [0.1, 0.15) is 30.4 Å². The maximum Gasteiger partial charge on any atom is 0.211 e. The molecule has 1 atom stereocenters. The number of aryl methyl sites for hydroxylation is 3. The van der Waals surface area contributed by atoms with E-state index in [4.69, 9.17) is 10.2 Å². The first kappa shape index (κ1) is 20.8. The Morgan fingerprint density at radius 3 is 2.52 bits per heavy atom. The summed E-state index contributed by atoms with van der Waals surface area (Å²) in [5.41, 5.74) is 7.39. The number of aliphatic imine (C=N–C) groups is 1. The number of aromatic nitrogens is 1. The van der Waals surface area contributed by atoms with Gasteiger partial charge in [0.1, 0.15) is 11.5 Å². The van der Waals surface area contributed by atoms with Crippen LogP contribution in [-0.2, 0) is 4.79 Å². The van der Waals surface area contributed by atoms with E-state index in [0.717, 1.165) is 22.4 Å². The summed E-state index contributed by atoms with van der Waals surface area (Å²) in [6, 6.07) is 6.01. The molecule has 0 bridgehead atoms. The fourth-order valence-electron chi connectivity index (χ4n) is 1.93. The highest BCUT2D eigenvalue weighted by Gasteiger charge is 2.06. The van der Waals surface area contributed by atoms with Crippen LogP contribution in [-0.4, -0.2) is 28.4 Å². The monoisotopic (exact) mass is 362 g/mol. The Balaban J connectivity index is 0.000000188. The van der Waals surface area contributed by atoms with Gasteiger partial charge in [0.05, 0.1) is 17.9 Å². The number of carbonyl (C=O) groups excluding carboxylic acids is 1. The van der Waals surface area contributed by atoms with E-state index >= 15 is 0 Å². The molecule has 3 heterocycles. The molecular formula is C18H26N4O2S. The Labute approximate surface area is 153 Å². The van der Waals surface area contributed by atoms with Gasteiger partial charge in [-0.2, -0.15) is 0 Å². The smallest absolute Gasteiger partial charge is 0.211 e. The number of rotatable bonds is 2. The quantitative estimate of drug-likeness (QED) is 0.795. The van der Waals surface area contributed by atoms with Crippen molar-refractivity contribution in [3.05, 3.63) is 47.7 Å². The second-order valence-electron chi connectivity index (χ2n) is 5.55. The molecule has 0 saturated carbocycles. The number of hydrogen-bond donors (Lipinski definition) is 2. The molecular weight excluding hydrogens is 336 g/mol. The molecule has 0 spiro atoms. The summed E-state index contributed by atoms with van der Waals surface area (Å²) < 4.78 is 5.21. The van der Waals surface area contributed by atoms with E-state index in [1.54, 1.807) is 36.3 Å². The first-order valence-electron chi connectivity index (χ1n) is 8.02. The average Bonchev–Trinajstić information content (AvgIpc) is 2.86. The summed E-state index contributed by atoms with van der Waals surface area (Å²) in [4.78, 5) is 17.8. The fraction of sp³-hybridized carbons (Fsp3) is 0.389. The van der Waals surface area contributed by atoms with Gasteiger partial charge in [-0.15, -0.1) is 0 Å². The van der Waals surface area contributed by atoms with Crippen molar-refractivity contribution in [2.75, 3.05) is 11.1 Å². The predicted molar refractivity (Wildman–Crippen MR) is 105 cm³/mol. The summed E-state index contributed by atoms with van der Waals surface area (Å²) in [5, 5.41) is 3.22. The van der Waals surface area contributed by atoms with Gasteiger partial charge in [-0.1, -0.05) is 11.8 Å². The molecule has 0 aromatic carbocycles. The Hall–Kier alpha value is -2.28. The first-order chi connectivity index (χ1) is 11.9. The Bertz CT molecular complexity index is 651. The molecule has 0 saturated heterocycles. The van der Waals surface area contributed by atoms with Crippen LogP contribution in [0, 0.1) is 20.8 Å². The van der Waals surface area contributed by atoms with Crippen molar-refractivity contribution in [2.24, 2.45) is 10.7 Å². The maximum atomic E-state index is 9.84. The standard InChI is InChI=1S/C7H10O.C6H6N2O.C5H10N2S/c1-5-4-6(2)8-7(5)3;9-5-8-6-2-1-3-7-4-6;1-4-2-3-8-5(6)7-4/h4H,1-3H3;1-5H,(H,8,9);4H,2-3H2,1H3,(H2,6,7). The van der Waals surface area contributed by atoms with Gasteiger partial charge in [0.25, 0.3) is 0 Å². The minimum absolute atomic E-state index is 0.455. The molecule has 0 radical (unpaired) electrons. The molecule has 7 heteroatoms. The molecule has 2 aromatic rings. The van der Waals surface area contributed by atoms with Crippen LogP contribution in [0.2, 0.25) is 0 Å². The SMILES string of the molecule is CC1CCSC(N)=N1.Cc1cc(C)c(C)o1.O=CNc1cccnc1. The highest BCUT2D eigenvalue weighted by atomic mass is 32.2. The number of pyridine rings is 1. The summed E-state index contributed by atoms with van der Waals surface area (Å²) in [6.07, 6.45) is 5.02. The zero-order chi connectivity index (χ0) is 18.7. The molecule has 6 nitrogen and oxygen atoms in total. The van der Waals surface area contributed by atoms with Crippen molar-refractivity contribution in [3.8, 4) is 0 Å². The fourth-order valence-corrected chi connectivity index (χ4v) is 2.85. The number of nitrogens with one attached hydrogen (secondary N) is 1. The first-order valence-corrected chi connectivity index (χ1v) is 9.00. The van der Waals surface area contributed by atoms with Crippen molar-refractivity contribution in [1.29, 1.82) is 0 Å². The lowest BCUT2D eigenvalue weighted by Gasteiger charge is -2.12. The van der Waals surface area contributed by atoms with Gasteiger partial charge in [0.15, 0.2) is 5.17 Å². The van der Waals surface area contributed by atoms with Gasteiger partial charge in [-0.05, 0) is 57.9 Å². The maximum absolute atomic E-state index is 9.84. The summed E-state index contributed by atoms with van der Waals surface area (Å²) in [6.45, 7) is 8.07. The highest BCUT2D eigenvalue weighted by molar-refractivity contribution is 8.13. The van der Waals surface area contributed by atoms with Crippen LogP contribution in [0.3, 0.4) is 0 Å². The van der Waals surface area contributed by atoms with Gasteiger partial charge >= 0.3 is 0 Å². The number of nitrogens with zero attached hydrogens (tertiary/aromatic N) is 2. The van der Waals surface area contributed by atoms with Crippen molar-refractivity contribution < 1.29 is 9.21 Å².